The van der Waals surface area contributed by atoms with Crippen LogP contribution in [0.2, 0.25) is 0 Å². The van der Waals surface area contributed by atoms with Crippen molar-refractivity contribution >= 4 is 5.96 Å². The van der Waals surface area contributed by atoms with E-state index in [-0.39, 0.29) is 12.1 Å². The van der Waals surface area contributed by atoms with E-state index in [4.69, 9.17) is 10.8 Å². The van der Waals surface area contributed by atoms with Gasteiger partial charge in [-0.25, -0.2) is 0 Å². The second kappa shape index (κ2) is 3.76. The van der Waals surface area contributed by atoms with E-state index in [1.54, 1.807) is 0 Å². The highest BCUT2D eigenvalue weighted by Gasteiger charge is 2.36. The first kappa shape index (κ1) is 9.32. The van der Waals surface area contributed by atoms with Gasteiger partial charge < -0.3 is 16.2 Å². The number of nitrogens with zero attached hydrogens (tertiary/aromatic N) is 1. The van der Waals surface area contributed by atoms with Gasteiger partial charge in [0.25, 0.3) is 0 Å². The van der Waals surface area contributed by atoms with Crippen molar-refractivity contribution in [3.63, 3.8) is 0 Å². The third-order valence-electron chi connectivity index (χ3n) is 2.34. The predicted octanol–water partition coefficient (Wildman–Crippen LogP) is -0.174. The van der Waals surface area contributed by atoms with E-state index < -0.39 is 0 Å². The van der Waals surface area contributed by atoms with Gasteiger partial charge in [0.2, 0.25) is 0 Å². The van der Waals surface area contributed by atoms with Crippen LogP contribution in [0.3, 0.4) is 0 Å². The molecule has 0 aromatic heterocycles. The molecule has 0 bridgehead atoms. The molecule has 4 nitrogen and oxygen atoms in total. The molecule has 0 unspecified atom stereocenters. The molecule has 70 valence electrons. The second-order valence-corrected chi connectivity index (χ2v) is 3.28. The minimum absolute atomic E-state index is 0.146. The van der Waals surface area contributed by atoms with Gasteiger partial charge in [-0.2, -0.15) is 0 Å². The molecule has 0 atom stereocenters. The number of nitrogens with one attached hydrogen (secondary N) is 1. The predicted molar refractivity (Wildman–Crippen MR) is 49.0 cm³/mol. The number of hydrogen-bond acceptors (Lipinski definition) is 2. The third kappa shape index (κ3) is 1.88. The van der Waals surface area contributed by atoms with Gasteiger partial charge in [0, 0.05) is 6.54 Å². The SMILES string of the molecule is CCN=C(N)NC1(CO)CCC1. The summed E-state index contributed by atoms with van der Waals surface area (Å²) in [5.74, 6) is 0.450. The van der Waals surface area contributed by atoms with Gasteiger partial charge in [0.15, 0.2) is 5.96 Å². The highest BCUT2D eigenvalue weighted by atomic mass is 16.3. The van der Waals surface area contributed by atoms with Crippen LogP contribution in [0.1, 0.15) is 26.2 Å². The van der Waals surface area contributed by atoms with Gasteiger partial charge in [-0.1, -0.05) is 0 Å². The largest absolute Gasteiger partial charge is 0.394 e. The zero-order valence-corrected chi connectivity index (χ0v) is 7.51. The minimum atomic E-state index is -0.164. The first-order valence-electron chi connectivity index (χ1n) is 4.41. The second-order valence-electron chi connectivity index (χ2n) is 3.28. The molecule has 0 radical (unpaired) electrons. The van der Waals surface area contributed by atoms with Crippen molar-refractivity contribution in [2.75, 3.05) is 13.2 Å². The standard InChI is InChI=1S/C8H17N3O/c1-2-10-7(9)11-8(6-12)4-3-5-8/h12H,2-6H2,1H3,(H3,9,10,11). The molecular weight excluding hydrogens is 154 g/mol. The van der Waals surface area contributed by atoms with Crippen molar-refractivity contribution in [2.24, 2.45) is 10.7 Å². The summed E-state index contributed by atoms with van der Waals surface area (Å²) in [7, 11) is 0. The quantitative estimate of drug-likeness (QED) is 0.407. The van der Waals surface area contributed by atoms with E-state index in [0.29, 0.717) is 12.5 Å². The van der Waals surface area contributed by atoms with Crippen LogP contribution in [0.15, 0.2) is 4.99 Å². The van der Waals surface area contributed by atoms with Crippen LogP contribution in [0.5, 0.6) is 0 Å². The van der Waals surface area contributed by atoms with Crippen molar-refractivity contribution < 1.29 is 5.11 Å². The summed E-state index contributed by atoms with van der Waals surface area (Å²) in [6, 6.07) is 0. The maximum atomic E-state index is 9.08. The fourth-order valence-electron chi connectivity index (χ4n) is 1.41. The van der Waals surface area contributed by atoms with Crippen LogP contribution in [0, 0.1) is 0 Å². The van der Waals surface area contributed by atoms with E-state index in [9.17, 15) is 0 Å². The van der Waals surface area contributed by atoms with Crippen LogP contribution >= 0.6 is 0 Å². The summed E-state index contributed by atoms with van der Waals surface area (Å²) in [5, 5.41) is 12.1. The average molecular weight is 171 g/mol. The minimum Gasteiger partial charge on any atom is -0.394 e. The van der Waals surface area contributed by atoms with Crippen molar-refractivity contribution in [3.8, 4) is 0 Å². The Hall–Kier alpha value is -0.770. The Kier molecular flexibility index (Phi) is 2.92. The molecule has 0 amide bonds. The number of guanidine groups is 1. The number of aliphatic hydroxyl groups excluding tert-OH is 1. The molecule has 4 heteroatoms. The number of aliphatic hydroxyl groups is 1. The summed E-state index contributed by atoms with van der Waals surface area (Å²) in [5.41, 5.74) is 5.42. The van der Waals surface area contributed by atoms with Gasteiger partial charge in [0.1, 0.15) is 0 Å². The molecule has 0 heterocycles. The molecule has 0 saturated heterocycles. The summed E-state index contributed by atoms with van der Waals surface area (Å²) in [4.78, 5) is 4.01. The Balaban J connectivity index is 2.42. The molecule has 0 spiro atoms. The molecule has 1 saturated carbocycles. The van der Waals surface area contributed by atoms with Crippen molar-refractivity contribution in [2.45, 2.75) is 31.7 Å². The monoisotopic (exact) mass is 171 g/mol. The topological polar surface area (TPSA) is 70.6 Å². The summed E-state index contributed by atoms with van der Waals surface area (Å²) in [6.07, 6.45) is 3.14. The number of nitrogens with two attached hydrogens (primary N) is 1. The smallest absolute Gasteiger partial charge is 0.189 e. The summed E-state index contributed by atoms with van der Waals surface area (Å²) >= 11 is 0. The Morgan fingerprint density at radius 3 is 2.67 bits per heavy atom. The zero-order valence-electron chi connectivity index (χ0n) is 7.51. The average Bonchev–Trinajstić information content (AvgIpc) is 1.97. The normalized spacial score (nSPS) is 21.7. The lowest BCUT2D eigenvalue weighted by Gasteiger charge is -2.41. The first-order chi connectivity index (χ1) is 5.72. The molecule has 1 rings (SSSR count). The Morgan fingerprint density at radius 2 is 2.33 bits per heavy atom. The summed E-state index contributed by atoms with van der Waals surface area (Å²) in [6.45, 7) is 2.76. The van der Waals surface area contributed by atoms with E-state index in [2.05, 4.69) is 10.3 Å². The zero-order chi connectivity index (χ0) is 9.03. The maximum absolute atomic E-state index is 9.08. The van der Waals surface area contributed by atoms with Crippen LogP contribution in [0.4, 0.5) is 0 Å². The van der Waals surface area contributed by atoms with Gasteiger partial charge in [-0.3, -0.25) is 4.99 Å². The van der Waals surface area contributed by atoms with E-state index in [0.717, 1.165) is 19.3 Å². The molecule has 0 aromatic carbocycles. The van der Waals surface area contributed by atoms with Gasteiger partial charge in [0.05, 0.1) is 12.1 Å². The van der Waals surface area contributed by atoms with Crippen molar-refractivity contribution in [1.82, 2.24) is 5.32 Å². The molecular formula is C8H17N3O. The maximum Gasteiger partial charge on any atom is 0.189 e. The van der Waals surface area contributed by atoms with Gasteiger partial charge in [-0.15, -0.1) is 0 Å². The lowest BCUT2D eigenvalue weighted by molar-refractivity contribution is 0.107. The van der Waals surface area contributed by atoms with E-state index >= 15 is 0 Å². The van der Waals surface area contributed by atoms with E-state index in [1.165, 1.54) is 0 Å². The fourth-order valence-corrected chi connectivity index (χ4v) is 1.41. The summed E-state index contributed by atoms with van der Waals surface area (Å²) < 4.78 is 0. The Bertz CT molecular complexity index is 170. The van der Waals surface area contributed by atoms with Crippen LogP contribution in [-0.2, 0) is 0 Å². The molecule has 1 aliphatic carbocycles. The van der Waals surface area contributed by atoms with Crippen LogP contribution in [-0.4, -0.2) is 29.8 Å². The third-order valence-corrected chi connectivity index (χ3v) is 2.34. The van der Waals surface area contributed by atoms with Crippen molar-refractivity contribution in [1.29, 1.82) is 0 Å². The molecule has 1 fully saturated rings. The number of rotatable bonds is 3. The Morgan fingerprint density at radius 1 is 1.67 bits per heavy atom. The molecule has 4 N–H and O–H groups in total. The number of hydrogen-bond donors (Lipinski definition) is 3. The van der Waals surface area contributed by atoms with Crippen LogP contribution < -0.4 is 11.1 Å². The fraction of sp³-hybridized carbons (Fsp3) is 0.875. The van der Waals surface area contributed by atoms with Gasteiger partial charge in [-0.05, 0) is 26.2 Å². The first-order valence-corrected chi connectivity index (χ1v) is 4.41. The van der Waals surface area contributed by atoms with Crippen molar-refractivity contribution in [3.05, 3.63) is 0 Å². The van der Waals surface area contributed by atoms with Gasteiger partial charge >= 0.3 is 0 Å². The number of aliphatic imine (C=N–C) groups is 1. The molecule has 0 aromatic rings. The Labute approximate surface area is 72.9 Å². The van der Waals surface area contributed by atoms with E-state index in [1.807, 2.05) is 6.92 Å². The highest BCUT2D eigenvalue weighted by molar-refractivity contribution is 5.78. The molecule has 0 aliphatic heterocycles. The highest BCUT2D eigenvalue weighted by Crippen LogP contribution is 2.30. The lowest BCUT2D eigenvalue weighted by atomic mass is 9.77. The van der Waals surface area contributed by atoms with Crippen LogP contribution in [0.25, 0.3) is 0 Å². The molecule has 1 aliphatic rings. The molecule has 12 heavy (non-hydrogen) atoms. The lowest BCUT2D eigenvalue weighted by Crippen LogP contribution is -2.58.